The summed E-state index contributed by atoms with van der Waals surface area (Å²) in [5.41, 5.74) is 5.23. The summed E-state index contributed by atoms with van der Waals surface area (Å²) in [5.74, 6) is -0.340. The molecular formula is C28H31BrN2O3S. The van der Waals surface area contributed by atoms with Gasteiger partial charge in [0.15, 0.2) is 0 Å². The Morgan fingerprint density at radius 3 is 2.29 bits per heavy atom. The lowest BCUT2D eigenvalue weighted by Gasteiger charge is -2.26. The van der Waals surface area contributed by atoms with Crippen LogP contribution in [-0.4, -0.2) is 20.9 Å². The third-order valence-corrected chi connectivity index (χ3v) is 8.85. The first-order valence-corrected chi connectivity index (χ1v) is 14.3. The quantitative estimate of drug-likeness (QED) is 0.365. The van der Waals surface area contributed by atoms with E-state index in [4.69, 9.17) is 0 Å². The van der Waals surface area contributed by atoms with E-state index < -0.39 is 10.0 Å². The maximum absolute atomic E-state index is 13.6. The zero-order valence-corrected chi connectivity index (χ0v) is 22.5. The Labute approximate surface area is 216 Å². The number of sulfonamides is 1. The highest BCUT2D eigenvalue weighted by Gasteiger charge is 2.28. The van der Waals surface area contributed by atoms with E-state index in [1.54, 1.807) is 48.5 Å². The minimum absolute atomic E-state index is 0.153. The average molecular weight is 556 g/mol. The van der Waals surface area contributed by atoms with Crippen molar-refractivity contribution in [2.75, 3.05) is 10.8 Å². The highest BCUT2D eigenvalue weighted by molar-refractivity contribution is 9.10. The predicted octanol–water partition coefficient (Wildman–Crippen LogP) is 6.10. The molecule has 1 atom stereocenters. The first-order chi connectivity index (χ1) is 16.8. The summed E-state index contributed by atoms with van der Waals surface area (Å²) in [6.07, 6.45) is 5.31. The number of halogens is 1. The molecule has 0 radical (unpaired) electrons. The normalized spacial score (nSPS) is 14.1. The van der Waals surface area contributed by atoms with Crippen molar-refractivity contribution in [2.24, 2.45) is 0 Å². The van der Waals surface area contributed by atoms with Crippen molar-refractivity contribution in [3.8, 4) is 0 Å². The molecule has 5 nitrogen and oxygen atoms in total. The first kappa shape index (κ1) is 25.5. The van der Waals surface area contributed by atoms with Crippen molar-refractivity contribution in [2.45, 2.75) is 56.9 Å². The van der Waals surface area contributed by atoms with E-state index in [1.807, 2.05) is 13.8 Å². The van der Waals surface area contributed by atoms with Gasteiger partial charge in [0.25, 0.3) is 10.0 Å². The van der Waals surface area contributed by atoms with E-state index in [0.717, 1.165) is 28.4 Å². The fourth-order valence-electron chi connectivity index (χ4n) is 4.52. The molecule has 3 aromatic carbocycles. The molecule has 3 aromatic rings. The lowest BCUT2D eigenvalue weighted by atomic mass is 9.89. The number of benzene rings is 3. The van der Waals surface area contributed by atoms with Crippen LogP contribution in [0.3, 0.4) is 0 Å². The number of anilines is 1. The Kier molecular flexibility index (Phi) is 7.97. The van der Waals surface area contributed by atoms with Crippen molar-refractivity contribution < 1.29 is 13.2 Å². The van der Waals surface area contributed by atoms with E-state index in [1.165, 1.54) is 28.3 Å². The second kappa shape index (κ2) is 11.0. The average Bonchev–Trinajstić information content (AvgIpc) is 2.86. The van der Waals surface area contributed by atoms with Crippen molar-refractivity contribution in [1.29, 1.82) is 0 Å². The molecule has 0 heterocycles. The molecular weight excluding hydrogens is 524 g/mol. The molecule has 35 heavy (non-hydrogen) atoms. The second-order valence-corrected chi connectivity index (χ2v) is 11.8. The van der Waals surface area contributed by atoms with Gasteiger partial charge >= 0.3 is 0 Å². The van der Waals surface area contributed by atoms with E-state index >= 15 is 0 Å². The van der Waals surface area contributed by atoms with Crippen LogP contribution in [-0.2, 0) is 27.7 Å². The van der Waals surface area contributed by atoms with Crippen LogP contribution in [0.5, 0.6) is 0 Å². The van der Waals surface area contributed by atoms with Crippen LogP contribution >= 0.6 is 15.9 Å². The first-order valence-electron chi connectivity index (χ1n) is 12.0. The zero-order chi connectivity index (χ0) is 25.0. The molecule has 7 heteroatoms. The van der Waals surface area contributed by atoms with Crippen LogP contribution in [0.25, 0.3) is 0 Å². The molecule has 0 aromatic heterocycles. The molecule has 0 unspecified atom stereocenters. The van der Waals surface area contributed by atoms with E-state index in [-0.39, 0.29) is 23.4 Å². The van der Waals surface area contributed by atoms with Gasteiger partial charge in [-0.3, -0.25) is 9.10 Å². The fraction of sp³-hybridized carbons (Fsp3) is 0.321. The summed E-state index contributed by atoms with van der Waals surface area (Å²) in [6, 6.07) is 19.9. The lowest BCUT2D eigenvalue weighted by molar-refractivity contribution is -0.120. The molecule has 0 fully saturated rings. The van der Waals surface area contributed by atoms with Gasteiger partial charge in [0, 0.05) is 4.47 Å². The third-order valence-electron chi connectivity index (χ3n) is 6.53. The molecule has 1 aliphatic carbocycles. The van der Waals surface area contributed by atoms with Crippen LogP contribution in [0, 0.1) is 6.92 Å². The molecule has 0 spiro atoms. The van der Waals surface area contributed by atoms with Crippen molar-refractivity contribution in [3.63, 3.8) is 0 Å². The molecule has 0 bridgehead atoms. The molecule has 1 amide bonds. The standard InChI is InChI=1S/C28H31BrN2O3S/c1-3-27(23-11-10-21-6-4-5-7-22(21)18-23)30-28(32)19-31(25-14-12-24(29)13-15-25)35(33,34)26-16-8-20(2)9-17-26/h8-18,27H,3-7,19H2,1-2H3,(H,30,32)/t27-/m0/s1. The van der Waals surface area contributed by atoms with Gasteiger partial charge < -0.3 is 5.32 Å². The van der Waals surface area contributed by atoms with Crippen molar-refractivity contribution >= 4 is 37.5 Å². The highest BCUT2D eigenvalue weighted by atomic mass is 79.9. The van der Waals surface area contributed by atoms with Gasteiger partial charge in [0.1, 0.15) is 6.54 Å². The number of hydrogen-bond donors (Lipinski definition) is 1. The Morgan fingerprint density at radius 1 is 0.971 bits per heavy atom. The van der Waals surface area contributed by atoms with Crippen LogP contribution in [0.15, 0.2) is 76.1 Å². The maximum Gasteiger partial charge on any atom is 0.264 e. The number of aryl methyl sites for hydroxylation is 3. The number of rotatable bonds is 8. The van der Waals surface area contributed by atoms with E-state index in [2.05, 4.69) is 39.4 Å². The number of nitrogens with zero attached hydrogens (tertiary/aromatic N) is 1. The number of fused-ring (bicyclic) bond motifs is 1. The summed E-state index contributed by atoms with van der Waals surface area (Å²) in [5, 5.41) is 3.08. The SMILES string of the molecule is CC[C@H](NC(=O)CN(c1ccc(Br)cc1)S(=O)(=O)c1ccc(C)cc1)c1ccc2c(c1)CCCC2. The van der Waals surface area contributed by atoms with Gasteiger partial charge in [0.05, 0.1) is 16.6 Å². The van der Waals surface area contributed by atoms with Gasteiger partial charge in [-0.1, -0.05) is 58.7 Å². The fourth-order valence-corrected chi connectivity index (χ4v) is 6.21. The molecule has 0 saturated carbocycles. The summed E-state index contributed by atoms with van der Waals surface area (Å²) in [6.45, 7) is 3.63. The summed E-state index contributed by atoms with van der Waals surface area (Å²) in [7, 11) is -3.94. The summed E-state index contributed by atoms with van der Waals surface area (Å²) >= 11 is 3.40. The predicted molar refractivity (Wildman–Crippen MR) is 144 cm³/mol. The summed E-state index contributed by atoms with van der Waals surface area (Å²) < 4.78 is 29.2. The molecule has 1 aliphatic rings. The van der Waals surface area contributed by atoms with Crippen LogP contribution in [0.2, 0.25) is 0 Å². The van der Waals surface area contributed by atoms with Crippen LogP contribution in [0.4, 0.5) is 5.69 Å². The number of amides is 1. The topological polar surface area (TPSA) is 66.5 Å². The number of carbonyl (C=O) groups is 1. The lowest BCUT2D eigenvalue weighted by Crippen LogP contribution is -2.42. The summed E-state index contributed by atoms with van der Waals surface area (Å²) in [4.78, 5) is 13.4. The Morgan fingerprint density at radius 2 is 1.63 bits per heavy atom. The highest BCUT2D eigenvalue weighted by Crippen LogP contribution is 2.28. The largest absolute Gasteiger partial charge is 0.348 e. The molecule has 1 N–H and O–H groups in total. The Balaban J connectivity index is 1.59. The monoisotopic (exact) mass is 554 g/mol. The minimum atomic E-state index is -3.94. The Bertz CT molecular complexity index is 1290. The molecule has 184 valence electrons. The number of carbonyl (C=O) groups excluding carboxylic acids is 1. The smallest absolute Gasteiger partial charge is 0.264 e. The number of nitrogens with one attached hydrogen (secondary N) is 1. The maximum atomic E-state index is 13.6. The van der Waals surface area contributed by atoms with Crippen molar-refractivity contribution in [1.82, 2.24) is 5.32 Å². The van der Waals surface area contributed by atoms with Crippen molar-refractivity contribution in [3.05, 3.63) is 93.5 Å². The van der Waals surface area contributed by atoms with E-state index in [0.29, 0.717) is 12.1 Å². The minimum Gasteiger partial charge on any atom is -0.348 e. The van der Waals surface area contributed by atoms with Gasteiger partial charge in [-0.25, -0.2) is 8.42 Å². The zero-order valence-electron chi connectivity index (χ0n) is 20.1. The molecule has 4 rings (SSSR count). The number of hydrogen-bond acceptors (Lipinski definition) is 3. The van der Waals surface area contributed by atoms with E-state index in [9.17, 15) is 13.2 Å². The van der Waals surface area contributed by atoms with Crippen LogP contribution < -0.4 is 9.62 Å². The molecule has 0 aliphatic heterocycles. The molecule has 0 saturated heterocycles. The van der Waals surface area contributed by atoms with Gasteiger partial charge in [-0.2, -0.15) is 0 Å². The van der Waals surface area contributed by atoms with Crippen LogP contribution in [0.1, 0.15) is 54.5 Å². The Hall–Kier alpha value is -2.64. The van der Waals surface area contributed by atoms with Gasteiger partial charge in [-0.05, 0) is 92.1 Å². The van der Waals surface area contributed by atoms with Gasteiger partial charge in [-0.15, -0.1) is 0 Å². The van der Waals surface area contributed by atoms with Gasteiger partial charge in [0.2, 0.25) is 5.91 Å². The second-order valence-electron chi connectivity index (χ2n) is 9.06. The third kappa shape index (κ3) is 5.96.